The van der Waals surface area contributed by atoms with Gasteiger partial charge in [0.2, 0.25) is 0 Å². The van der Waals surface area contributed by atoms with Crippen LogP contribution in [0, 0.1) is 0 Å². The van der Waals surface area contributed by atoms with E-state index in [1.54, 1.807) is 7.11 Å². The van der Waals surface area contributed by atoms with Gasteiger partial charge in [-0.15, -0.1) is 0 Å². The Morgan fingerprint density at radius 1 is 1.15 bits per heavy atom. The van der Waals surface area contributed by atoms with Gasteiger partial charge in [-0.1, -0.05) is 12.1 Å². The smallest absolute Gasteiger partial charge is 0.157 e. The zero-order chi connectivity index (χ0) is 14.0. The van der Waals surface area contributed by atoms with Crippen LogP contribution in [0.3, 0.4) is 0 Å². The van der Waals surface area contributed by atoms with Gasteiger partial charge in [-0.2, -0.15) is 0 Å². The van der Waals surface area contributed by atoms with Gasteiger partial charge < -0.3 is 18.9 Å². The van der Waals surface area contributed by atoms with Gasteiger partial charge in [0.25, 0.3) is 0 Å². The molecule has 2 rings (SSSR count). The molecule has 0 radical (unpaired) electrons. The summed E-state index contributed by atoms with van der Waals surface area (Å²) in [4.78, 5) is 0. The summed E-state index contributed by atoms with van der Waals surface area (Å²) in [6, 6.07) is 7.93. The zero-order valence-electron chi connectivity index (χ0n) is 12.2. The molecule has 0 aromatic heterocycles. The molecule has 112 valence electrons. The SMILES string of the molecule is COc1ccc(COCCCOC2CCCCO2)cc1. The highest BCUT2D eigenvalue weighted by Gasteiger charge is 2.13. The minimum atomic E-state index is 0.00494. The molecule has 1 fully saturated rings. The first-order valence-electron chi connectivity index (χ1n) is 7.32. The lowest BCUT2D eigenvalue weighted by Gasteiger charge is -2.22. The maximum Gasteiger partial charge on any atom is 0.157 e. The summed E-state index contributed by atoms with van der Waals surface area (Å²) < 4.78 is 21.9. The average molecular weight is 280 g/mol. The normalized spacial score (nSPS) is 18.9. The van der Waals surface area contributed by atoms with Gasteiger partial charge in [0.15, 0.2) is 6.29 Å². The van der Waals surface area contributed by atoms with Crippen LogP contribution in [0.4, 0.5) is 0 Å². The van der Waals surface area contributed by atoms with Crippen molar-refractivity contribution in [1.29, 1.82) is 0 Å². The van der Waals surface area contributed by atoms with Crippen LogP contribution < -0.4 is 4.74 Å². The van der Waals surface area contributed by atoms with Crippen molar-refractivity contribution in [1.82, 2.24) is 0 Å². The predicted octanol–water partition coefficient (Wildman–Crippen LogP) is 3.15. The highest BCUT2D eigenvalue weighted by molar-refractivity contribution is 5.26. The molecule has 0 spiro atoms. The van der Waals surface area contributed by atoms with Crippen LogP contribution in [0.15, 0.2) is 24.3 Å². The lowest BCUT2D eigenvalue weighted by atomic mass is 10.2. The van der Waals surface area contributed by atoms with E-state index in [4.69, 9.17) is 18.9 Å². The Kier molecular flexibility index (Phi) is 6.84. The second kappa shape index (κ2) is 8.95. The van der Waals surface area contributed by atoms with Crippen LogP contribution >= 0.6 is 0 Å². The summed E-state index contributed by atoms with van der Waals surface area (Å²) in [5.41, 5.74) is 1.15. The first kappa shape index (κ1) is 15.3. The van der Waals surface area contributed by atoms with Crippen molar-refractivity contribution < 1.29 is 18.9 Å². The predicted molar refractivity (Wildman–Crippen MR) is 76.8 cm³/mol. The van der Waals surface area contributed by atoms with Gasteiger partial charge in [-0.25, -0.2) is 0 Å². The van der Waals surface area contributed by atoms with Crippen LogP contribution in [0.1, 0.15) is 31.2 Å². The molecule has 1 saturated heterocycles. The summed E-state index contributed by atoms with van der Waals surface area (Å²) in [6.45, 7) is 2.87. The van der Waals surface area contributed by atoms with Gasteiger partial charge in [-0.3, -0.25) is 0 Å². The molecule has 1 atom stereocenters. The van der Waals surface area contributed by atoms with Gasteiger partial charge >= 0.3 is 0 Å². The van der Waals surface area contributed by atoms with Crippen molar-refractivity contribution in [3.8, 4) is 5.75 Å². The Morgan fingerprint density at radius 2 is 2.00 bits per heavy atom. The molecule has 1 unspecified atom stereocenters. The van der Waals surface area contributed by atoms with Crippen molar-refractivity contribution in [3.05, 3.63) is 29.8 Å². The molecule has 0 amide bonds. The van der Waals surface area contributed by atoms with E-state index in [1.807, 2.05) is 24.3 Å². The van der Waals surface area contributed by atoms with E-state index in [0.29, 0.717) is 19.8 Å². The summed E-state index contributed by atoms with van der Waals surface area (Å²) in [5, 5.41) is 0. The number of hydrogen-bond acceptors (Lipinski definition) is 4. The summed E-state index contributed by atoms with van der Waals surface area (Å²) in [5.74, 6) is 0.870. The average Bonchev–Trinajstić information content (AvgIpc) is 2.52. The van der Waals surface area contributed by atoms with E-state index in [2.05, 4.69) is 0 Å². The minimum absolute atomic E-state index is 0.00494. The third kappa shape index (κ3) is 5.49. The van der Waals surface area contributed by atoms with Crippen LogP contribution in [0.25, 0.3) is 0 Å². The fourth-order valence-corrected chi connectivity index (χ4v) is 2.13. The highest BCUT2D eigenvalue weighted by atomic mass is 16.7. The van der Waals surface area contributed by atoms with E-state index < -0.39 is 0 Å². The largest absolute Gasteiger partial charge is 0.497 e. The molecule has 0 N–H and O–H groups in total. The Hall–Kier alpha value is -1.10. The van der Waals surface area contributed by atoms with E-state index in [9.17, 15) is 0 Å². The van der Waals surface area contributed by atoms with E-state index >= 15 is 0 Å². The van der Waals surface area contributed by atoms with Gasteiger partial charge in [-0.05, 0) is 43.4 Å². The molecule has 1 aromatic carbocycles. The lowest BCUT2D eigenvalue weighted by molar-refractivity contribution is -0.164. The maximum absolute atomic E-state index is 5.65. The zero-order valence-corrected chi connectivity index (χ0v) is 12.2. The van der Waals surface area contributed by atoms with E-state index in [1.165, 1.54) is 6.42 Å². The molecule has 4 heteroatoms. The monoisotopic (exact) mass is 280 g/mol. The third-order valence-corrected chi connectivity index (χ3v) is 3.30. The molecule has 1 aliphatic heterocycles. The Labute approximate surface area is 121 Å². The van der Waals surface area contributed by atoms with Crippen molar-refractivity contribution >= 4 is 0 Å². The molecule has 1 aromatic rings. The molecule has 0 saturated carbocycles. The number of methoxy groups -OCH3 is 1. The molecular weight excluding hydrogens is 256 g/mol. The van der Waals surface area contributed by atoms with Crippen LogP contribution in [0.2, 0.25) is 0 Å². The van der Waals surface area contributed by atoms with Crippen molar-refractivity contribution in [2.45, 2.75) is 38.6 Å². The number of rotatable bonds is 8. The van der Waals surface area contributed by atoms with Gasteiger partial charge in [0.1, 0.15) is 5.75 Å². The standard InChI is InChI=1S/C16H24O4/c1-17-15-8-6-14(7-9-15)13-18-10-4-12-20-16-5-2-3-11-19-16/h6-9,16H,2-5,10-13H2,1H3. The molecule has 4 nitrogen and oxygen atoms in total. The molecule has 20 heavy (non-hydrogen) atoms. The third-order valence-electron chi connectivity index (χ3n) is 3.30. The summed E-state index contributed by atoms with van der Waals surface area (Å²) in [7, 11) is 1.67. The van der Waals surface area contributed by atoms with Crippen LogP contribution in [-0.2, 0) is 20.8 Å². The number of ether oxygens (including phenoxy) is 4. The van der Waals surface area contributed by atoms with Crippen molar-refractivity contribution in [2.75, 3.05) is 26.9 Å². The van der Waals surface area contributed by atoms with Crippen LogP contribution in [0.5, 0.6) is 5.75 Å². The fraction of sp³-hybridized carbons (Fsp3) is 0.625. The lowest BCUT2D eigenvalue weighted by Crippen LogP contribution is -2.23. The Balaban J connectivity index is 1.50. The quantitative estimate of drug-likeness (QED) is 0.685. The second-order valence-electron chi connectivity index (χ2n) is 4.92. The molecular formula is C16H24O4. The maximum atomic E-state index is 5.65. The second-order valence-corrected chi connectivity index (χ2v) is 4.92. The van der Waals surface area contributed by atoms with Crippen LogP contribution in [-0.4, -0.2) is 33.2 Å². The summed E-state index contributed by atoms with van der Waals surface area (Å²) in [6.07, 6.45) is 4.29. The highest BCUT2D eigenvalue weighted by Crippen LogP contribution is 2.14. The Bertz CT molecular complexity index is 357. The van der Waals surface area contributed by atoms with Gasteiger partial charge in [0.05, 0.1) is 20.3 Å². The topological polar surface area (TPSA) is 36.9 Å². The minimum Gasteiger partial charge on any atom is -0.497 e. The molecule has 1 heterocycles. The van der Waals surface area contributed by atoms with E-state index in [0.717, 1.165) is 37.2 Å². The van der Waals surface area contributed by atoms with E-state index in [-0.39, 0.29) is 6.29 Å². The number of benzene rings is 1. The first-order valence-corrected chi connectivity index (χ1v) is 7.32. The van der Waals surface area contributed by atoms with Crippen molar-refractivity contribution in [3.63, 3.8) is 0 Å². The molecule has 0 aliphatic carbocycles. The van der Waals surface area contributed by atoms with Crippen molar-refractivity contribution in [2.24, 2.45) is 0 Å². The number of hydrogen-bond donors (Lipinski definition) is 0. The first-order chi connectivity index (χ1) is 9.88. The fourth-order valence-electron chi connectivity index (χ4n) is 2.13. The molecule has 0 bridgehead atoms. The van der Waals surface area contributed by atoms with Gasteiger partial charge in [0, 0.05) is 13.2 Å². The Morgan fingerprint density at radius 3 is 2.70 bits per heavy atom. The molecule has 1 aliphatic rings. The summed E-state index contributed by atoms with van der Waals surface area (Å²) >= 11 is 0.